The predicted molar refractivity (Wildman–Crippen MR) is 82.1 cm³/mol. The molecule has 0 aliphatic carbocycles. The number of carboxylic acid groups (broad SMARTS) is 1. The molecular formula is C13H13BrN2O4S. The second-order valence-corrected chi connectivity index (χ2v) is 6.91. The number of rotatable bonds is 5. The van der Waals surface area contributed by atoms with Gasteiger partial charge in [0, 0.05) is 10.7 Å². The number of nitrogens with one attached hydrogen (secondary N) is 2. The van der Waals surface area contributed by atoms with Crippen molar-refractivity contribution in [1.29, 1.82) is 0 Å². The lowest BCUT2D eigenvalue weighted by Gasteiger charge is -2.11. The lowest BCUT2D eigenvalue weighted by molar-refractivity contribution is 0.0691. The molecule has 3 N–H and O–H groups in total. The third-order valence-corrected chi connectivity index (χ3v) is 4.73. The van der Waals surface area contributed by atoms with Crippen LogP contribution in [0.2, 0.25) is 0 Å². The summed E-state index contributed by atoms with van der Waals surface area (Å²) >= 11 is 3.33. The van der Waals surface area contributed by atoms with Crippen molar-refractivity contribution in [1.82, 2.24) is 4.98 Å². The number of halogens is 1. The molecule has 1 aromatic carbocycles. The molecule has 0 spiro atoms. The van der Waals surface area contributed by atoms with E-state index < -0.39 is 16.0 Å². The van der Waals surface area contributed by atoms with Gasteiger partial charge in [-0.2, -0.15) is 0 Å². The van der Waals surface area contributed by atoms with Gasteiger partial charge in [-0.1, -0.05) is 22.9 Å². The number of hydrogen-bond donors (Lipinski definition) is 3. The summed E-state index contributed by atoms with van der Waals surface area (Å²) in [7, 11) is -3.83. The fraction of sp³-hybridized carbons (Fsp3) is 0.154. The molecule has 21 heavy (non-hydrogen) atoms. The van der Waals surface area contributed by atoms with E-state index in [1.165, 1.54) is 0 Å². The van der Waals surface area contributed by atoms with Gasteiger partial charge in [0.05, 0.1) is 5.69 Å². The summed E-state index contributed by atoms with van der Waals surface area (Å²) in [4.78, 5) is 13.1. The van der Waals surface area contributed by atoms with Crippen molar-refractivity contribution < 1.29 is 18.3 Å². The Morgan fingerprint density at radius 1 is 1.38 bits per heavy atom. The lowest BCUT2D eigenvalue weighted by Crippen LogP contribution is -2.13. The Kier molecular flexibility index (Phi) is 4.38. The summed E-state index contributed by atoms with van der Waals surface area (Å²) in [6, 6.07) is 6.30. The van der Waals surface area contributed by atoms with Gasteiger partial charge in [-0.15, -0.1) is 0 Å². The predicted octanol–water partition coefficient (Wildman–Crippen LogP) is 2.84. The van der Waals surface area contributed by atoms with Gasteiger partial charge in [0.2, 0.25) is 0 Å². The zero-order valence-electron chi connectivity index (χ0n) is 11.1. The molecule has 8 heteroatoms. The van der Waals surface area contributed by atoms with Crippen LogP contribution in [0.3, 0.4) is 0 Å². The summed E-state index contributed by atoms with van der Waals surface area (Å²) in [5.41, 5.74) is 1.13. The van der Waals surface area contributed by atoms with E-state index in [2.05, 4.69) is 25.6 Å². The third kappa shape index (κ3) is 3.45. The minimum absolute atomic E-state index is 0.120. The Labute approximate surface area is 130 Å². The first-order valence-corrected chi connectivity index (χ1v) is 8.34. The van der Waals surface area contributed by atoms with Gasteiger partial charge in [0.25, 0.3) is 10.0 Å². The Bertz CT molecular complexity index is 783. The highest BCUT2D eigenvalue weighted by atomic mass is 79.9. The number of aromatic nitrogens is 1. The Morgan fingerprint density at radius 3 is 2.67 bits per heavy atom. The van der Waals surface area contributed by atoms with Crippen LogP contribution in [0.5, 0.6) is 0 Å². The lowest BCUT2D eigenvalue weighted by atomic mass is 10.1. The number of aromatic carboxylic acids is 1. The highest BCUT2D eigenvalue weighted by Gasteiger charge is 2.19. The van der Waals surface area contributed by atoms with E-state index in [1.54, 1.807) is 12.1 Å². The number of carboxylic acids is 1. The van der Waals surface area contributed by atoms with E-state index in [4.69, 9.17) is 5.11 Å². The summed E-state index contributed by atoms with van der Waals surface area (Å²) in [5, 5.41) is 8.81. The molecule has 0 unspecified atom stereocenters. The Hall–Kier alpha value is -1.80. The molecule has 6 nitrogen and oxygen atoms in total. The topological polar surface area (TPSA) is 99.3 Å². The number of anilines is 1. The molecular weight excluding hydrogens is 360 g/mol. The van der Waals surface area contributed by atoms with Crippen LogP contribution in [0, 0.1) is 0 Å². The summed E-state index contributed by atoms with van der Waals surface area (Å²) in [6.45, 7) is 1.92. The SMILES string of the molecule is CCc1cc(Br)ccc1NS(=O)(=O)c1c[nH]c(C(=O)O)c1. The Morgan fingerprint density at radius 2 is 2.10 bits per heavy atom. The molecule has 0 saturated heterocycles. The molecule has 0 fully saturated rings. The van der Waals surface area contributed by atoms with E-state index in [1.807, 2.05) is 13.0 Å². The summed E-state index contributed by atoms with van der Waals surface area (Å²) < 4.78 is 27.8. The van der Waals surface area contributed by atoms with E-state index in [-0.39, 0.29) is 10.6 Å². The van der Waals surface area contributed by atoms with Crippen molar-refractivity contribution in [3.05, 3.63) is 46.2 Å². The fourth-order valence-electron chi connectivity index (χ4n) is 1.81. The number of hydrogen-bond acceptors (Lipinski definition) is 3. The zero-order chi connectivity index (χ0) is 15.6. The smallest absolute Gasteiger partial charge is 0.352 e. The summed E-state index contributed by atoms with van der Waals surface area (Å²) in [6.07, 6.45) is 1.81. The molecule has 0 saturated carbocycles. The standard InChI is InChI=1S/C13H13BrN2O4S/c1-2-8-5-9(14)3-4-11(8)16-21(19,20)10-6-12(13(17)18)15-7-10/h3-7,15-16H,2H2,1H3,(H,17,18). The van der Waals surface area contributed by atoms with Crippen molar-refractivity contribution in [2.75, 3.05) is 4.72 Å². The molecule has 1 aromatic heterocycles. The van der Waals surface area contributed by atoms with Gasteiger partial charge in [-0.25, -0.2) is 13.2 Å². The first kappa shape index (κ1) is 15.6. The van der Waals surface area contributed by atoms with Gasteiger partial charge in [0.15, 0.2) is 0 Å². The fourth-order valence-corrected chi connectivity index (χ4v) is 3.31. The molecule has 0 atom stereocenters. The second kappa shape index (κ2) is 5.90. The molecule has 2 rings (SSSR count). The molecule has 1 heterocycles. The number of aryl methyl sites for hydroxylation is 1. The molecule has 2 aromatic rings. The number of H-pyrrole nitrogens is 1. The molecule has 0 bridgehead atoms. The zero-order valence-corrected chi connectivity index (χ0v) is 13.5. The van der Waals surface area contributed by atoms with Crippen molar-refractivity contribution in [3.63, 3.8) is 0 Å². The average molecular weight is 373 g/mol. The minimum Gasteiger partial charge on any atom is -0.477 e. The first-order chi connectivity index (χ1) is 9.83. The number of aromatic amines is 1. The first-order valence-electron chi connectivity index (χ1n) is 6.06. The monoisotopic (exact) mass is 372 g/mol. The highest BCUT2D eigenvalue weighted by Crippen LogP contribution is 2.24. The van der Waals surface area contributed by atoms with Crippen molar-refractivity contribution in [2.45, 2.75) is 18.2 Å². The van der Waals surface area contributed by atoms with Gasteiger partial charge < -0.3 is 10.1 Å². The number of sulfonamides is 1. The number of benzene rings is 1. The van der Waals surface area contributed by atoms with E-state index in [0.717, 1.165) is 22.3 Å². The summed E-state index contributed by atoms with van der Waals surface area (Å²) in [5.74, 6) is -1.21. The average Bonchev–Trinajstić information content (AvgIpc) is 2.91. The quantitative estimate of drug-likeness (QED) is 0.751. The van der Waals surface area contributed by atoms with Gasteiger partial charge >= 0.3 is 5.97 Å². The van der Waals surface area contributed by atoms with Crippen LogP contribution < -0.4 is 4.72 Å². The maximum absolute atomic E-state index is 12.3. The van der Waals surface area contributed by atoms with Gasteiger partial charge in [-0.3, -0.25) is 4.72 Å². The van der Waals surface area contributed by atoms with E-state index in [0.29, 0.717) is 12.1 Å². The van der Waals surface area contributed by atoms with E-state index in [9.17, 15) is 13.2 Å². The second-order valence-electron chi connectivity index (χ2n) is 4.31. The van der Waals surface area contributed by atoms with Crippen LogP contribution in [0.4, 0.5) is 5.69 Å². The van der Waals surface area contributed by atoms with Crippen molar-refractivity contribution in [3.8, 4) is 0 Å². The van der Waals surface area contributed by atoms with Crippen LogP contribution in [0.25, 0.3) is 0 Å². The maximum Gasteiger partial charge on any atom is 0.352 e. The number of carbonyl (C=O) groups is 1. The van der Waals surface area contributed by atoms with Crippen LogP contribution in [0.1, 0.15) is 23.0 Å². The molecule has 112 valence electrons. The molecule has 0 radical (unpaired) electrons. The van der Waals surface area contributed by atoms with Crippen LogP contribution in [-0.2, 0) is 16.4 Å². The third-order valence-electron chi connectivity index (χ3n) is 2.89. The largest absolute Gasteiger partial charge is 0.477 e. The van der Waals surface area contributed by atoms with Crippen molar-refractivity contribution >= 4 is 37.6 Å². The molecule has 0 aliphatic rings. The van der Waals surface area contributed by atoms with Crippen LogP contribution >= 0.6 is 15.9 Å². The van der Waals surface area contributed by atoms with Crippen molar-refractivity contribution in [2.24, 2.45) is 0 Å². The minimum atomic E-state index is -3.83. The normalized spacial score (nSPS) is 11.3. The maximum atomic E-state index is 12.3. The van der Waals surface area contributed by atoms with Crippen LogP contribution in [0.15, 0.2) is 39.8 Å². The van der Waals surface area contributed by atoms with Gasteiger partial charge in [0.1, 0.15) is 10.6 Å². The Balaban J connectivity index is 2.35. The molecule has 0 aliphatic heterocycles. The van der Waals surface area contributed by atoms with Crippen LogP contribution in [-0.4, -0.2) is 24.5 Å². The van der Waals surface area contributed by atoms with E-state index >= 15 is 0 Å². The highest BCUT2D eigenvalue weighted by molar-refractivity contribution is 9.10. The molecule has 0 amide bonds. The van der Waals surface area contributed by atoms with Gasteiger partial charge in [-0.05, 0) is 36.2 Å².